The summed E-state index contributed by atoms with van der Waals surface area (Å²) in [6.45, 7) is 2.05. The fraction of sp³-hybridized carbons (Fsp3) is 0.435. The summed E-state index contributed by atoms with van der Waals surface area (Å²) >= 11 is 0. The van der Waals surface area contributed by atoms with E-state index in [-0.39, 0.29) is 24.9 Å². The van der Waals surface area contributed by atoms with Crippen LogP contribution < -0.4 is 0 Å². The first-order valence-electron chi connectivity index (χ1n) is 10.5. The van der Waals surface area contributed by atoms with E-state index in [0.29, 0.717) is 19.6 Å². The second-order valence-corrected chi connectivity index (χ2v) is 8.53. The number of benzene rings is 2. The molecule has 178 valence electrons. The maximum Gasteiger partial charge on any atom is 0.434 e. The molecule has 33 heavy (non-hydrogen) atoms. The zero-order valence-electron chi connectivity index (χ0n) is 17.4. The lowest BCUT2D eigenvalue weighted by molar-refractivity contribution is -0.308. The van der Waals surface area contributed by atoms with E-state index in [2.05, 4.69) is 9.64 Å². The van der Waals surface area contributed by atoms with Gasteiger partial charge in [-0.1, -0.05) is 54.6 Å². The molecule has 2 fully saturated rings. The second-order valence-electron chi connectivity index (χ2n) is 8.53. The summed E-state index contributed by atoms with van der Waals surface area (Å²) in [7, 11) is 0. The summed E-state index contributed by atoms with van der Waals surface area (Å²) in [5.74, 6) is -0.0345. The van der Waals surface area contributed by atoms with Gasteiger partial charge in [0, 0.05) is 32.7 Å². The number of rotatable bonds is 4. The molecule has 0 aromatic heterocycles. The summed E-state index contributed by atoms with van der Waals surface area (Å²) in [4.78, 5) is 15.1. The summed E-state index contributed by atoms with van der Waals surface area (Å²) in [6, 6.07) is 18.1. The molecule has 2 unspecified atom stereocenters. The standard InChI is InChI=1S/C23H22F6N2O2/c24-22(25,26)20(23(27,28)29)33-21(32)31-13-18-11-30(12-19(18)14-31)10-15-6-8-17(9-7-15)16-4-2-1-3-5-16/h1-9,18-20H,10-14H2. The molecular formula is C23H22F6N2O2. The number of likely N-dealkylation sites (tertiary alicyclic amines) is 2. The molecule has 2 atom stereocenters. The van der Waals surface area contributed by atoms with Crippen LogP contribution in [0.4, 0.5) is 31.1 Å². The minimum atomic E-state index is -5.71. The van der Waals surface area contributed by atoms with Crippen LogP contribution in [0.2, 0.25) is 0 Å². The molecule has 0 aliphatic carbocycles. The van der Waals surface area contributed by atoms with Gasteiger partial charge in [-0.25, -0.2) is 4.79 Å². The highest BCUT2D eigenvalue weighted by Gasteiger charge is 2.60. The van der Waals surface area contributed by atoms with Crippen molar-refractivity contribution in [1.29, 1.82) is 0 Å². The SMILES string of the molecule is O=C(OC(C(F)(F)F)C(F)(F)F)N1CC2CN(Cc3ccc(-c4ccccc4)cc3)CC2C1. The van der Waals surface area contributed by atoms with Crippen LogP contribution >= 0.6 is 0 Å². The number of hydrogen-bond acceptors (Lipinski definition) is 3. The fourth-order valence-corrected chi connectivity index (χ4v) is 4.55. The first kappa shape index (κ1) is 23.4. The number of fused-ring (bicyclic) bond motifs is 1. The zero-order chi connectivity index (χ0) is 23.8. The Hall–Kier alpha value is -2.75. The smallest absolute Gasteiger partial charge is 0.426 e. The molecule has 0 spiro atoms. The van der Waals surface area contributed by atoms with Crippen LogP contribution in [0.15, 0.2) is 54.6 Å². The van der Waals surface area contributed by atoms with Crippen LogP contribution in [-0.2, 0) is 11.3 Å². The van der Waals surface area contributed by atoms with Gasteiger partial charge in [0.15, 0.2) is 0 Å². The lowest BCUT2D eigenvalue weighted by Crippen LogP contribution is -2.48. The summed E-state index contributed by atoms with van der Waals surface area (Å²) in [6.07, 6.45) is -17.1. The molecule has 2 aliphatic rings. The van der Waals surface area contributed by atoms with Crippen LogP contribution in [0.1, 0.15) is 5.56 Å². The van der Waals surface area contributed by atoms with Crippen molar-refractivity contribution in [2.24, 2.45) is 11.8 Å². The third kappa shape index (κ3) is 5.43. The number of hydrogen-bond donors (Lipinski definition) is 0. The molecule has 2 aliphatic heterocycles. The highest BCUT2D eigenvalue weighted by molar-refractivity contribution is 5.68. The maximum atomic E-state index is 12.7. The monoisotopic (exact) mass is 472 g/mol. The van der Waals surface area contributed by atoms with Gasteiger partial charge < -0.3 is 9.64 Å². The third-order valence-corrected chi connectivity index (χ3v) is 6.10. The number of carbonyl (C=O) groups excluding carboxylic acids is 1. The van der Waals surface area contributed by atoms with Crippen molar-refractivity contribution in [1.82, 2.24) is 9.80 Å². The third-order valence-electron chi connectivity index (χ3n) is 6.10. The first-order valence-corrected chi connectivity index (χ1v) is 10.5. The van der Waals surface area contributed by atoms with Crippen molar-refractivity contribution < 1.29 is 35.9 Å². The van der Waals surface area contributed by atoms with E-state index < -0.39 is 24.5 Å². The molecule has 0 N–H and O–H groups in total. The Morgan fingerprint density at radius 1 is 0.818 bits per heavy atom. The largest absolute Gasteiger partial charge is 0.434 e. The van der Waals surface area contributed by atoms with Crippen LogP contribution in [0.5, 0.6) is 0 Å². The number of nitrogens with zero attached hydrogens (tertiary/aromatic N) is 2. The van der Waals surface area contributed by atoms with Gasteiger partial charge >= 0.3 is 18.4 Å². The van der Waals surface area contributed by atoms with E-state index in [9.17, 15) is 31.1 Å². The van der Waals surface area contributed by atoms with Crippen molar-refractivity contribution in [3.63, 3.8) is 0 Å². The van der Waals surface area contributed by atoms with E-state index in [1.54, 1.807) is 0 Å². The minimum Gasteiger partial charge on any atom is -0.426 e. The van der Waals surface area contributed by atoms with Gasteiger partial charge in [-0.15, -0.1) is 0 Å². The van der Waals surface area contributed by atoms with Crippen LogP contribution in [0.25, 0.3) is 11.1 Å². The van der Waals surface area contributed by atoms with E-state index in [0.717, 1.165) is 21.6 Å². The van der Waals surface area contributed by atoms with Crippen molar-refractivity contribution in [3.05, 3.63) is 60.2 Å². The fourth-order valence-electron chi connectivity index (χ4n) is 4.55. The average molecular weight is 472 g/mol. The normalized spacial score (nSPS) is 21.5. The van der Waals surface area contributed by atoms with Crippen LogP contribution in [-0.4, -0.2) is 60.5 Å². The molecule has 0 bridgehead atoms. The molecular weight excluding hydrogens is 450 g/mol. The molecule has 4 nitrogen and oxygen atoms in total. The van der Waals surface area contributed by atoms with Crippen molar-refractivity contribution in [2.75, 3.05) is 26.2 Å². The minimum absolute atomic E-state index is 0.0173. The van der Waals surface area contributed by atoms with Crippen LogP contribution in [0, 0.1) is 11.8 Å². The molecule has 1 amide bonds. The Morgan fingerprint density at radius 2 is 1.33 bits per heavy atom. The number of halogens is 6. The van der Waals surface area contributed by atoms with Crippen molar-refractivity contribution in [2.45, 2.75) is 25.0 Å². The Kier molecular flexibility index (Phi) is 6.30. The molecule has 0 saturated carbocycles. The number of carbonyl (C=O) groups is 1. The number of alkyl halides is 6. The topological polar surface area (TPSA) is 32.8 Å². The van der Waals surface area contributed by atoms with Gasteiger partial charge in [-0.2, -0.15) is 26.3 Å². The van der Waals surface area contributed by atoms with E-state index in [1.165, 1.54) is 0 Å². The second kappa shape index (κ2) is 8.89. The predicted molar refractivity (Wildman–Crippen MR) is 108 cm³/mol. The molecule has 2 saturated heterocycles. The lowest BCUT2D eigenvalue weighted by atomic mass is 10.0. The Labute approximate surface area is 186 Å². The van der Waals surface area contributed by atoms with Crippen molar-refractivity contribution >= 4 is 6.09 Å². The van der Waals surface area contributed by atoms with E-state index >= 15 is 0 Å². The quantitative estimate of drug-likeness (QED) is 0.563. The van der Waals surface area contributed by atoms with Gasteiger partial charge in [0.1, 0.15) is 0 Å². The van der Waals surface area contributed by atoms with E-state index in [4.69, 9.17) is 0 Å². The number of ether oxygens (including phenoxy) is 1. The highest BCUT2D eigenvalue weighted by atomic mass is 19.4. The summed E-state index contributed by atoms with van der Waals surface area (Å²) in [5, 5.41) is 0. The molecule has 10 heteroatoms. The van der Waals surface area contributed by atoms with Gasteiger partial charge in [-0.3, -0.25) is 4.90 Å². The Balaban J connectivity index is 1.30. The van der Waals surface area contributed by atoms with Gasteiger partial charge in [0.25, 0.3) is 6.10 Å². The molecule has 4 rings (SSSR count). The van der Waals surface area contributed by atoms with Gasteiger partial charge in [0.2, 0.25) is 0 Å². The maximum absolute atomic E-state index is 12.7. The summed E-state index contributed by atoms with van der Waals surface area (Å²) in [5.41, 5.74) is 3.32. The number of amides is 1. The van der Waals surface area contributed by atoms with Gasteiger partial charge in [-0.05, 0) is 28.5 Å². The van der Waals surface area contributed by atoms with Crippen LogP contribution in [0.3, 0.4) is 0 Å². The summed E-state index contributed by atoms with van der Waals surface area (Å²) < 4.78 is 79.7. The molecule has 0 radical (unpaired) electrons. The molecule has 2 aromatic rings. The molecule has 2 aromatic carbocycles. The Bertz CT molecular complexity index is 934. The van der Waals surface area contributed by atoms with Crippen molar-refractivity contribution in [3.8, 4) is 11.1 Å². The highest BCUT2D eigenvalue weighted by Crippen LogP contribution is 2.37. The predicted octanol–water partition coefficient (Wildman–Crippen LogP) is 5.35. The average Bonchev–Trinajstić information content (AvgIpc) is 3.30. The lowest BCUT2D eigenvalue weighted by Gasteiger charge is -2.26. The van der Waals surface area contributed by atoms with E-state index in [1.807, 2.05) is 54.6 Å². The van der Waals surface area contributed by atoms with Gasteiger partial charge in [0.05, 0.1) is 0 Å². The Morgan fingerprint density at radius 3 is 1.85 bits per heavy atom. The first-order chi connectivity index (χ1) is 15.5. The molecule has 2 heterocycles. The zero-order valence-corrected chi connectivity index (χ0v) is 17.4.